The number of nitrogens with zero attached hydrogens (tertiary/aromatic N) is 2. The van der Waals surface area contributed by atoms with Crippen LogP contribution in [-0.2, 0) is 9.59 Å². The van der Waals surface area contributed by atoms with Gasteiger partial charge in [-0.1, -0.05) is 0 Å². The highest BCUT2D eigenvalue weighted by Crippen LogP contribution is 2.21. The SMILES string of the molecule is CC(=O)N1CCCC(C(=O)Nc2c(C)n[nH]c2C)C1. The predicted molar refractivity (Wildman–Crippen MR) is 71.7 cm³/mol. The van der Waals surface area contributed by atoms with E-state index in [9.17, 15) is 9.59 Å². The first-order valence-electron chi connectivity index (χ1n) is 6.57. The molecule has 1 aliphatic heterocycles. The number of hydrogen-bond donors (Lipinski definition) is 2. The smallest absolute Gasteiger partial charge is 0.229 e. The van der Waals surface area contributed by atoms with Crippen LogP contribution in [0.4, 0.5) is 5.69 Å². The van der Waals surface area contributed by atoms with Crippen LogP contribution in [0, 0.1) is 19.8 Å². The molecule has 0 saturated carbocycles. The lowest BCUT2D eigenvalue weighted by Crippen LogP contribution is -2.42. The molecule has 1 unspecified atom stereocenters. The maximum Gasteiger partial charge on any atom is 0.229 e. The number of H-pyrrole nitrogens is 1. The first-order chi connectivity index (χ1) is 8.99. The van der Waals surface area contributed by atoms with Gasteiger partial charge >= 0.3 is 0 Å². The van der Waals surface area contributed by atoms with E-state index in [1.54, 1.807) is 11.8 Å². The molecule has 104 valence electrons. The van der Waals surface area contributed by atoms with Gasteiger partial charge in [-0.3, -0.25) is 14.7 Å². The van der Waals surface area contributed by atoms with Gasteiger partial charge in [0.15, 0.2) is 0 Å². The predicted octanol–water partition coefficient (Wildman–Crippen LogP) is 1.22. The number of carbonyl (C=O) groups excluding carboxylic acids is 2. The zero-order valence-corrected chi connectivity index (χ0v) is 11.6. The molecule has 0 aliphatic carbocycles. The summed E-state index contributed by atoms with van der Waals surface area (Å²) in [5.74, 6) is -0.127. The number of likely N-dealkylation sites (tertiary alicyclic amines) is 1. The average molecular weight is 264 g/mol. The summed E-state index contributed by atoms with van der Waals surface area (Å²) < 4.78 is 0. The Hall–Kier alpha value is -1.85. The number of aromatic amines is 1. The van der Waals surface area contributed by atoms with Gasteiger partial charge < -0.3 is 10.2 Å². The zero-order chi connectivity index (χ0) is 14.0. The van der Waals surface area contributed by atoms with Crippen molar-refractivity contribution in [1.82, 2.24) is 15.1 Å². The number of aryl methyl sites for hydroxylation is 2. The summed E-state index contributed by atoms with van der Waals surface area (Å²) in [6, 6.07) is 0. The molecule has 0 bridgehead atoms. The van der Waals surface area contributed by atoms with Crippen molar-refractivity contribution in [2.75, 3.05) is 18.4 Å². The Morgan fingerprint density at radius 1 is 1.42 bits per heavy atom. The maximum atomic E-state index is 12.2. The highest BCUT2D eigenvalue weighted by atomic mass is 16.2. The van der Waals surface area contributed by atoms with Gasteiger partial charge in [0.25, 0.3) is 0 Å². The number of piperidine rings is 1. The second-order valence-electron chi connectivity index (χ2n) is 5.10. The van der Waals surface area contributed by atoms with Crippen molar-refractivity contribution in [3.05, 3.63) is 11.4 Å². The number of anilines is 1. The van der Waals surface area contributed by atoms with Crippen LogP contribution in [0.1, 0.15) is 31.2 Å². The van der Waals surface area contributed by atoms with Gasteiger partial charge in [-0.2, -0.15) is 5.10 Å². The molecule has 0 aromatic carbocycles. The molecule has 2 heterocycles. The molecule has 6 heteroatoms. The molecule has 1 fully saturated rings. The minimum atomic E-state index is -0.133. The fraction of sp³-hybridized carbons (Fsp3) is 0.615. The molecule has 0 spiro atoms. The molecule has 1 aromatic heterocycles. The van der Waals surface area contributed by atoms with E-state index in [2.05, 4.69) is 15.5 Å². The second-order valence-corrected chi connectivity index (χ2v) is 5.10. The Morgan fingerprint density at radius 3 is 2.74 bits per heavy atom. The van der Waals surface area contributed by atoms with E-state index in [1.807, 2.05) is 13.8 Å². The van der Waals surface area contributed by atoms with Crippen LogP contribution in [0.5, 0.6) is 0 Å². The monoisotopic (exact) mass is 264 g/mol. The minimum absolute atomic E-state index is 0.0291. The van der Waals surface area contributed by atoms with E-state index in [0.717, 1.165) is 36.5 Å². The van der Waals surface area contributed by atoms with Crippen molar-refractivity contribution in [1.29, 1.82) is 0 Å². The Balaban J connectivity index is 2.02. The van der Waals surface area contributed by atoms with Crippen LogP contribution in [-0.4, -0.2) is 40.0 Å². The van der Waals surface area contributed by atoms with Crippen molar-refractivity contribution in [3.8, 4) is 0 Å². The molecule has 1 saturated heterocycles. The summed E-state index contributed by atoms with van der Waals surface area (Å²) >= 11 is 0. The number of amides is 2. The summed E-state index contributed by atoms with van der Waals surface area (Å²) in [6.45, 7) is 6.53. The molecule has 2 amide bonds. The van der Waals surface area contributed by atoms with Crippen molar-refractivity contribution < 1.29 is 9.59 Å². The van der Waals surface area contributed by atoms with Gasteiger partial charge in [-0.15, -0.1) is 0 Å². The first kappa shape index (κ1) is 13.6. The largest absolute Gasteiger partial charge is 0.342 e. The average Bonchev–Trinajstić information content (AvgIpc) is 2.70. The van der Waals surface area contributed by atoms with Crippen LogP contribution >= 0.6 is 0 Å². The fourth-order valence-electron chi connectivity index (χ4n) is 2.44. The Morgan fingerprint density at radius 2 is 2.16 bits per heavy atom. The third kappa shape index (κ3) is 2.94. The normalized spacial score (nSPS) is 19.3. The van der Waals surface area contributed by atoms with Gasteiger partial charge in [-0.25, -0.2) is 0 Å². The Kier molecular flexibility index (Phi) is 3.87. The van der Waals surface area contributed by atoms with Crippen molar-refractivity contribution in [3.63, 3.8) is 0 Å². The molecule has 1 atom stereocenters. The van der Waals surface area contributed by atoms with Crippen LogP contribution in [0.25, 0.3) is 0 Å². The summed E-state index contributed by atoms with van der Waals surface area (Å²) in [4.78, 5) is 25.4. The summed E-state index contributed by atoms with van der Waals surface area (Å²) in [5.41, 5.74) is 2.39. The Labute approximate surface area is 112 Å². The second kappa shape index (κ2) is 5.42. The van der Waals surface area contributed by atoms with Crippen LogP contribution in [0.2, 0.25) is 0 Å². The van der Waals surface area contributed by atoms with Gasteiger partial charge in [0.2, 0.25) is 11.8 Å². The zero-order valence-electron chi connectivity index (χ0n) is 11.6. The number of carbonyl (C=O) groups is 2. The molecular weight excluding hydrogens is 244 g/mol. The lowest BCUT2D eigenvalue weighted by Gasteiger charge is -2.31. The topological polar surface area (TPSA) is 78.1 Å². The lowest BCUT2D eigenvalue weighted by atomic mass is 9.97. The van der Waals surface area contributed by atoms with Crippen LogP contribution in [0.3, 0.4) is 0 Å². The van der Waals surface area contributed by atoms with Gasteiger partial charge in [-0.05, 0) is 26.7 Å². The molecule has 19 heavy (non-hydrogen) atoms. The van der Waals surface area contributed by atoms with Gasteiger partial charge in [0.05, 0.1) is 23.0 Å². The van der Waals surface area contributed by atoms with Gasteiger partial charge in [0, 0.05) is 20.0 Å². The summed E-state index contributed by atoms with van der Waals surface area (Å²) in [7, 11) is 0. The number of rotatable bonds is 2. The highest BCUT2D eigenvalue weighted by Gasteiger charge is 2.27. The molecule has 1 aliphatic rings. The van der Waals surface area contributed by atoms with Crippen LogP contribution in [0.15, 0.2) is 0 Å². The molecule has 6 nitrogen and oxygen atoms in total. The number of aromatic nitrogens is 2. The molecular formula is C13H20N4O2. The number of nitrogens with one attached hydrogen (secondary N) is 2. The van der Waals surface area contributed by atoms with Crippen molar-refractivity contribution >= 4 is 17.5 Å². The van der Waals surface area contributed by atoms with E-state index in [0.29, 0.717) is 6.54 Å². The molecule has 2 rings (SSSR count). The first-order valence-corrected chi connectivity index (χ1v) is 6.57. The van der Waals surface area contributed by atoms with Crippen LogP contribution < -0.4 is 5.32 Å². The van der Waals surface area contributed by atoms with E-state index in [4.69, 9.17) is 0 Å². The van der Waals surface area contributed by atoms with E-state index in [1.165, 1.54) is 0 Å². The number of hydrogen-bond acceptors (Lipinski definition) is 3. The fourth-order valence-corrected chi connectivity index (χ4v) is 2.44. The standard InChI is InChI=1S/C13H20N4O2/c1-8-12(9(2)16-15-8)14-13(19)11-5-4-6-17(7-11)10(3)18/h11H,4-7H2,1-3H3,(H,14,19)(H,15,16). The molecule has 0 radical (unpaired) electrons. The highest BCUT2D eigenvalue weighted by molar-refractivity contribution is 5.94. The van der Waals surface area contributed by atoms with Crippen molar-refractivity contribution in [2.45, 2.75) is 33.6 Å². The van der Waals surface area contributed by atoms with Crippen molar-refractivity contribution in [2.24, 2.45) is 5.92 Å². The molecule has 1 aromatic rings. The van der Waals surface area contributed by atoms with E-state index < -0.39 is 0 Å². The molecule has 2 N–H and O–H groups in total. The van der Waals surface area contributed by atoms with E-state index in [-0.39, 0.29) is 17.7 Å². The third-order valence-electron chi connectivity index (χ3n) is 3.61. The Bertz CT molecular complexity index is 475. The maximum absolute atomic E-state index is 12.2. The quantitative estimate of drug-likeness (QED) is 0.843. The summed E-state index contributed by atoms with van der Waals surface area (Å²) in [5, 5.41) is 9.81. The summed E-state index contributed by atoms with van der Waals surface area (Å²) in [6.07, 6.45) is 1.70. The third-order valence-corrected chi connectivity index (χ3v) is 3.61. The van der Waals surface area contributed by atoms with E-state index >= 15 is 0 Å². The lowest BCUT2D eigenvalue weighted by molar-refractivity contribution is -0.132. The van der Waals surface area contributed by atoms with Gasteiger partial charge in [0.1, 0.15) is 0 Å². The minimum Gasteiger partial charge on any atom is -0.342 e.